The maximum Gasteiger partial charge on any atom is 0.308 e. The van der Waals surface area contributed by atoms with Crippen LogP contribution >= 0.6 is 0 Å². The van der Waals surface area contributed by atoms with Gasteiger partial charge in [-0.25, -0.2) is 4.39 Å². The number of rotatable bonds is 4. The quantitative estimate of drug-likeness (QED) is 0.851. The zero-order valence-electron chi connectivity index (χ0n) is 11.2. The van der Waals surface area contributed by atoms with E-state index in [1.54, 1.807) is 12.1 Å². The van der Waals surface area contributed by atoms with Crippen LogP contribution in [0, 0.1) is 11.7 Å². The monoisotopic (exact) mass is 265 g/mol. The molecule has 1 aromatic carbocycles. The van der Waals surface area contributed by atoms with Crippen molar-refractivity contribution >= 4 is 5.97 Å². The average molecular weight is 265 g/mol. The summed E-state index contributed by atoms with van der Waals surface area (Å²) in [6.07, 6.45) is 3.67. The van der Waals surface area contributed by atoms with Crippen LogP contribution < -0.4 is 5.32 Å². The Labute approximate surface area is 113 Å². The van der Waals surface area contributed by atoms with Crippen molar-refractivity contribution in [2.45, 2.75) is 38.3 Å². The molecule has 0 atom stereocenters. The van der Waals surface area contributed by atoms with E-state index in [9.17, 15) is 9.18 Å². The highest BCUT2D eigenvalue weighted by Gasteiger charge is 2.26. The lowest BCUT2D eigenvalue weighted by Gasteiger charge is -2.27. The Morgan fingerprint density at radius 3 is 2.74 bits per heavy atom. The minimum absolute atomic E-state index is 0.0530. The van der Waals surface area contributed by atoms with Gasteiger partial charge in [0, 0.05) is 12.6 Å². The summed E-state index contributed by atoms with van der Waals surface area (Å²) in [7, 11) is 1.44. The number of methoxy groups -OCH3 is 1. The first-order chi connectivity index (χ1) is 9.19. The maximum absolute atomic E-state index is 13.0. The molecule has 0 amide bonds. The molecule has 104 valence electrons. The van der Waals surface area contributed by atoms with Crippen molar-refractivity contribution in [1.82, 2.24) is 5.32 Å². The number of hydrogen-bond donors (Lipinski definition) is 1. The maximum atomic E-state index is 13.0. The van der Waals surface area contributed by atoms with Crippen LogP contribution in [0.4, 0.5) is 4.39 Å². The second kappa shape index (κ2) is 6.66. The van der Waals surface area contributed by atoms with E-state index < -0.39 is 0 Å². The molecule has 4 heteroatoms. The molecule has 0 spiro atoms. The van der Waals surface area contributed by atoms with E-state index in [4.69, 9.17) is 4.74 Å². The van der Waals surface area contributed by atoms with Gasteiger partial charge in [0.15, 0.2) is 0 Å². The van der Waals surface area contributed by atoms with Crippen LogP contribution in [0.15, 0.2) is 24.3 Å². The van der Waals surface area contributed by atoms with E-state index in [0.29, 0.717) is 12.6 Å². The highest BCUT2D eigenvalue weighted by atomic mass is 19.1. The number of ether oxygens (including phenoxy) is 1. The highest BCUT2D eigenvalue weighted by molar-refractivity contribution is 5.72. The summed E-state index contributed by atoms with van der Waals surface area (Å²) in [4.78, 5) is 11.4. The van der Waals surface area contributed by atoms with E-state index >= 15 is 0 Å². The summed E-state index contributed by atoms with van der Waals surface area (Å²) in [6.45, 7) is 0.672. The summed E-state index contributed by atoms with van der Waals surface area (Å²) >= 11 is 0. The molecule has 1 N–H and O–H groups in total. The number of hydrogen-bond acceptors (Lipinski definition) is 3. The fourth-order valence-corrected chi connectivity index (χ4v) is 2.61. The lowest BCUT2D eigenvalue weighted by molar-refractivity contribution is -0.146. The van der Waals surface area contributed by atoms with E-state index in [1.165, 1.54) is 13.2 Å². The minimum Gasteiger partial charge on any atom is -0.469 e. The van der Waals surface area contributed by atoms with Gasteiger partial charge in [-0.15, -0.1) is 0 Å². The molecule has 0 radical (unpaired) electrons. The van der Waals surface area contributed by atoms with Crippen LogP contribution in [0.3, 0.4) is 0 Å². The van der Waals surface area contributed by atoms with Crippen LogP contribution in [-0.2, 0) is 16.1 Å². The summed E-state index contributed by atoms with van der Waals surface area (Å²) in [5.74, 6) is -0.241. The number of benzene rings is 1. The van der Waals surface area contributed by atoms with Crippen LogP contribution in [0.5, 0.6) is 0 Å². The number of esters is 1. The SMILES string of the molecule is COC(=O)C1CCC(NCc2cccc(F)c2)CC1. The second-order valence-electron chi connectivity index (χ2n) is 5.08. The van der Waals surface area contributed by atoms with E-state index in [0.717, 1.165) is 31.2 Å². The van der Waals surface area contributed by atoms with E-state index in [-0.39, 0.29) is 17.7 Å². The number of carbonyl (C=O) groups excluding carboxylic acids is 1. The fourth-order valence-electron chi connectivity index (χ4n) is 2.61. The summed E-state index contributed by atoms with van der Waals surface area (Å²) in [5.41, 5.74) is 0.954. The van der Waals surface area contributed by atoms with Crippen molar-refractivity contribution in [3.05, 3.63) is 35.6 Å². The first-order valence-electron chi connectivity index (χ1n) is 6.74. The zero-order valence-corrected chi connectivity index (χ0v) is 11.2. The standard InChI is InChI=1S/C15H20FNO2/c1-19-15(18)12-5-7-14(8-6-12)17-10-11-3-2-4-13(16)9-11/h2-4,9,12,14,17H,5-8,10H2,1H3. The van der Waals surface area contributed by atoms with Gasteiger partial charge in [0.05, 0.1) is 13.0 Å². The van der Waals surface area contributed by atoms with Crippen molar-refractivity contribution in [3.63, 3.8) is 0 Å². The second-order valence-corrected chi connectivity index (χ2v) is 5.08. The molecular weight excluding hydrogens is 245 g/mol. The van der Waals surface area contributed by atoms with Gasteiger partial charge in [-0.1, -0.05) is 12.1 Å². The molecule has 1 aliphatic rings. The Kier molecular flexibility index (Phi) is 4.91. The van der Waals surface area contributed by atoms with Crippen LogP contribution in [0.2, 0.25) is 0 Å². The zero-order chi connectivity index (χ0) is 13.7. The number of carbonyl (C=O) groups is 1. The normalized spacial score (nSPS) is 23.1. The molecule has 0 heterocycles. The third-order valence-electron chi connectivity index (χ3n) is 3.75. The third kappa shape index (κ3) is 4.03. The molecule has 1 saturated carbocycles. The van der Waals surface area contributed by atoms with Crippen molar-refractivity contribution < 1.29 is 13.9 Å². The van der Waals surface area contributed by atoms with Crippen LogP contribution in [0.25, 0.3) is 0 Å². The van der Waals surface area contributed by atoms with Crippen molar-refractivity contribution in [2.24, 2.45) is 5.92 Å². The van der Waals surface area contributed by atoms with Crippen molar-refractivity contribution in [1.29, 1.82) is 0 Å². The summed E-state index contributed by atoms with van der Waals surface area (Å²) in [5, 5.41) is 3.42. The van der Waals surface area contributed by atoms with Gasteiger partial charge < -0.3 is 10.1 Å². The molecule has 0 saturated heterocycles. The van der Waals surface area contributed by atoms with Gasteiger partial charge >= 0.3 is 5.97 Å². The molecular formula is C15H20FNO2. The molecule has 1 aromatic rings. The summed E-state index contributed by atoms with van der Waals surface area (Å²) in [6, 6.07) is 7.04. The van der Waals surface area contributed by atoms with Gasteiger partial charge in [0.25, 0.3) is 0 Å². The first-order valence-corrected chi connectivity index (χ1v) is 6.74. The van der Waals surface area contributed by atoms with E-state index in [1.807, 2.05) is 6.07 Å². The van der Waals surface area contributed by atoms with Crippen LogP contribution in [0.1, 0.15) is 31.2 Å². The van der Waals surface area contributed by atoms with Crippen molar-refractivity contribution in [2.75, 3.05) is 7.11 Å². The van der Waals surface area contributed by atoms with Crippen LogP contribution in [-0.4, -0.2) is 19.1 Å². The molecule has 0 aliphatic heterocycles. The van der Waals surface area contributed by atoms with Gasteiger partial charge in [0.1, 0.15) is 5.82 Å². The Morgan fingerprint density at radius 2 is 2.11 bits per heavy atom. The number of nitrogens with one attached hydrogen (secondary N) is 1. The first kappa shape index (κ1) is 14.0. The molecule has 0 unspecified atom stereocenters. The molecule has 1 aliphatic carbocycles. The molecule has 3 nitrogen and oxygen atoms in total. The Bertz CT molecular complexity index is 428. The van der Waals surface area contributed by atoms with Gasteiger partial charge in [0.2, 0.25) is 0 Å². The molecule has 2 rings (SSSR count). The lowest BCUT2D eigenvalue weighted by atomic mass is 9.86. The largest absolute Gasteiger partial charge is 0.469 e. The third-order valence-corrected chi connectivity index (χ3v) is 3.75. The Morgan fingerprint density at radius 1 is 1.37 bits per heavy atom. The Hall–Kier alpha value is -1.42. The van der Waals surface area contributed by atoms with Gasteiger partial charge in [-0.2, -0.15) is 0 Å². The van der Waals surface area contributed by atoms with Crippen molar-refractivity contribution in [3.8, 4) is 0 Å². The average Bonchev–Trinajstić information content (AvgIpc) is 2.45. The highest BCUT2D eigenvalue weighted by Crippen LogP contribution is 2.25. The molecule has 1 fully saturated rings. The fraction of sp³-hybridized carbons (Fsp3) is 0.533. The predicted molar refractivity (Wildman–Crippen MR) is 71.0 cm³/mol. The Balaban J connectivity index is 1.75. The summed E-state index contributed by atoms with van der Waals surface area (Å²) < 4.78 is 17.8. The topological polar surface area (TPSA) is 38.3 Å². The molecule has 0 aromatic heterocycles. The van der Waals surface area contributed by atoms with Gasteiger partial charge in [-0.3, -0.25) is 4.79 Å². The smallest absolute Gasteiger partial charge is 0.308 e. The number of halogens is 1. The molecule has 0 bridgehead atoms. The lowest BCUT2D eigenvalue weighted by Crippen LogP contribution is -2.34. The predicted octanol–water partition coefficient (Wildman–Crippen LogP) is 2.65. The molecule has 19 heavy (non-hydrogen) atoms. The van der Waals surface area contributed by atoms with E-state index in [2.05, 4.69) is 5.32 Å². The minimum atomic E-state index is -0.200. The van der Waals surface area contributed by atoms with Gasteiger partial charge in [-0.05, 0) is 43.4 Å².